The lowest BCUT2D eigenvalue weighted by Gasteiger charge is -2.11. The molecule has 122 valence electrons. The first-order valence-electron chi connectivity index (χ1n) is 7.69. The Morgan fingerprint density at radius 2 is 1.40 bits per heavy atom. The lowest BCUT2D eigenvalue weighted by atomic mass is 10.1. The van der Waals surface area contributed by atoms with Gasteiger partial charge in [-0.15, -0.1) is 0 Å². The van der Waals surface area contributed by atoms with Crippen molar-refractivity contribution >= 4 is 34.4 Å². The Hall–Kier alpha value is -3.74. The molecule has 0 amide bonds. The van der Waals surface area contributed by atoms with E-state index in [0.29, 0.717) is 22.7 Å². The van der Waals surface area contributed by atoms with Gasteiger partial charge in [-0.25, -0.2) is 4.98 Å². The highest BCUT2D eigenvalue weighted by molar-refractivity contribution is 5.98. The molecule has 0 spiro atoms. The van der Waals surface area contributed by atoms with E-state index in [1.165, 1.54) is 0 Å². The molecule has 7 heteroatoms. The van der Waals surface area contributed by atoms with Crippen LogP contribution in [0.2, 0.25) is 0 Å². The molecule has 4 rings (SSSR count). The van der Waals surface area contributed by atoms with E-state index >= 15 is 0 Å². The minimum Gasteiger partial charge on any atom is -0.383 e. The van der Waals surface area contributed by atoms with Crippen LogP contribution in [0.5, 0.6) is 0 Å². The predicted octanol–water partition coefficient (Wildman–Crippen LogP) is 2.99. The number of benzene rings is 2. The van der Waals surface area contributed by atoms with E-state index in [4.69, 9.17) is 11.5 Å². The molecular formula is C18H15N7. The topological polar surface area (TPSA) is 116 Å². The van der Waals surface area contributed by atoms with Crippen molar-refractivity contribution < 1.29 is 0 Å². The van der Waals surface area contributed by atoms with Crippen LogP contribution in [0.4, 0.5) is 23.4 Å². The Morgan fingerprint density at radius 1 is 0.720 bits per heavy atom. The number of para-hydroxylation sites is 1. The summed E-state index contributed by atoms with van der Waals surface area (Å²) in [5, 5.41) is 3.76. The van der Waals surface area contributed by atoms with E-state index in [1.54, 1.807) is 0 Å². The van der Waals surface area contributed by atoms with Gasteiger partial charge < -0.3 is 16.8 Å². The molecule has 0 saturated heterocycles. The van der Waals surface area contributed by atoms with Gasteiger partial charge in [0.25, 0.3) is 0 Å². The maximum Gasteiger partial charge on any atom is 0.229 e. The number of aromatic nitrogens is 4. The van der Waals surface area contributed by atoms with Crippen molar-refractivity contribution in [3.05, 3.63) is 60.7 Å². The number of hydrogen-bond donors (Lipinski definition) is 3. The van der Waals surface area contributed by atoms with E-state index in [1.807, 2.05) is 60.7 Å². The Morgan fingerprint density at radius 3 is 2.12 bits per heavy atom. The molecule has 25 heavy (non-hydrogen) atoms. The van der Waals surface area contributed by atoms with Crippen molar-refractivity contribution in [2.45, 2.75) is 0 Å². The lowest BCUT2D eigenvalue weighted by molar-refractivity contribution is 1.15. The summed E-state index contributed by atoms with van der Waals surface area (Å²) in [6.45, 7) is 0. The van der Waals surface area contributed by atoms with Gasteiger partial charge in [0, 0.05) is 11.3 Å². The van der Waals surface area contributed by atoms with E-state index in [9.17, 15) is 0 Å². The van der Waals surface area contributed by atoms with Crippen molar-refractivity contribution in [2.24, 2.45) is 0 Å². The summed E-state index contributed by atoms with van der Waals surface area (Å²) in [4.78, 5) is 17.3. The van der Waals surface area contributed by atoms with Crippen molar-refractivity contribution in [3.8, 4) is 11.3 Å². The third kappa shape index (κ3) is 2.90. The van der Waals surface area contributed by atoms with Crippen LogP contribution in [0.15, 0.2) is 60.7 Å². The summed E-state index contributed by atoms with van der Waals surface area (Å²) in [7, 11) is 0. The molecular weight excluding hydrogens is 314 g/mol. The maximum absolute atomic E-state index is 6.07. The highest BCUT2D eigenvalue weighted by atomic mass is 15.1. The number of nitrogen functional groups attached to an aromatic ring is 2. The first-order valence-corrected chi connectivity index (χ1v) is 7.69. The van der Waals surface area contributed by atoms with Crippen LogP contribution < -0.4 is 16.8 Å². The molecule has 0 fully saturated rings. The van der Waals surface area contributed by atoms with Gasteiger partial charge in [0.15, 0.2) is 5.65 Å². The molecule has 2 aromatic carbocycles. The molecule has 2 aromatic heterocycles. The summed E-state index contributed by atoms with van der Waals surface area (Å²) in [5.41, 5.74) is 14.6. The fourth-order valence-corrected chi connectivity index (χ4v) is 2.59. The largest absolute Gasteiger partial charge is 0.383 e. The monoisotopic (exact) mass is 329 g/mol. The average molecular weight is 329 g/mol. The Balaban J connectivity index is 1.94. The minimum atomic E-state index is 0.0772. The molecule has 0 saturated carbocycles. The van der Waals surface area contributed by atoms with Crippen LogP contribution in [-0.2, 0) is 0 Å². The number of anilines is 4. The molecule has 0 unspecified atom stereocenters. The van der Waals surface area contributed by atoms with Gasteiger partial charge in [0.05, 0.1) is 11.1 Å². The normalized spacial score (nSPS) is 10.7. The molecule has 0 bridgehead atoms. The fourth-order valence-electron chi connectivity index (χ4n) is 2.59. The zero-order valence-corrected chi connectivity index (χ0v) is 13.2. The number of nitrogens with two attached hydrogens (primary N) is 2. The average Bonchev–Trinajstić information content (AvgIpc) is 2.62. The number of hydrogen-bond acceptors (Lipinski definition) is 7. The lowest BCUT2D eigenvalue weighted by Crippen LogP contribution is -2.06. The minimum absolute atomic E-state index is 0.0772. The van der Waals surface area contributed by atoms with Crippen molar-refractivity contribution in [1.82, 2.24) is 19.9 Å². The van der Waals surface area contributed by atoms with Crippen molar-refractivity contribution in [2.75, 3.05) is 16.8 Å². The number of nitrogens with zero attached hydrogens (tertiary/aromatic N) is 4. The van der Waals surface area contributed by atoms with E-state index in [2.05, 4.69) is 25.3 Å². The highest BCUT2D eigenvalue weighted by Crippen LogP contribution is 2.30. The second-order valence-electron chi connectivity index (χ2n) is 5.42. The van der Waals surface area contributed by atoms with Gasteiger partial charge in [-0.1, -0.05) is 48.5 Å². The molecule has 4 aromatic rings. The molecule has 0 aliphatic carbocycles. The fraction of sp³-hybridized carbons (Fsp3) is 0. The molecule has 7 nitrogen and oxygen atoms in total. The van der Waals surface area contributed by atoms with Gasteiger partial charge in [0.1, 0.15) is 5.82 Å². The third-order valence-electron chi connectivity index (χ3n) is 3.68. The SMILES string of the molecule is Nc1nc(N)c2c(-c3ccccc3)nc(Nc3ccccc3)nc2n1. The van der Waals surface area contributed by atoms with E-state index in [0.717, 1.165) is 11.3 Å². The van der Waals surface area contributed by atoms with Crippen molar-refractivity contribution in [3.63, 3.8) is 0 Å². The predicted molar refractivity (Wildman–Crippen MR) is 99.1 cm³/mol. The summed E-state index contributed by atoms with van der Waals surface area (Å²) in [6.07, 6.45) is 0. The van der Waals surface area contributed by atoms with Crippen LogP contribution in [0.25, 0.3) is 22.3 Å². The molecule has 0 atom stereocenters. The molecule has 0 aliphatic heterocycles. The number of fused-ring (bicyclic) bond motifs is 1. The second kappa shape index (κ2) is 6.04. The molecule has 0 radical (unpaired) electrons. The quantitative estimate of drug-likeness (QED) is 0.529. The van der Waals surface area contributed by atoms with Gasteiger partial charge in [-0.3, -0.25) is 0 Å². The molecule has 0 aliphatic rings. The zero-order valence-electron chi connectivity index (χ0n) is 13.2. The van der Waals surface area contributed by atoms with Crippen LogP contribution in [0.1, 0.15) is 0 Å². The van der Waals surface area contributed by atoms with Gasteiger partial charge in [0.2, 0.25) is 11.9 Å². The summed E-state index contributed by atoms with van der Waals surface area (Å²) in [6, 6.07) is 19.4. The summed E-state index contributed by atoms with van der Waals surface area (Å²) in [5.74, 6) is 0.746. The molecule has 5 N–H and O–H groups in total. The molecule has 2 heterocycles. The number of rotatable bonds is 3. The first-order chi connectivity index (χ1) is 12.2. The smallest absolute Gasteiger partial charge is 0.229 e. The highest BCUT2D eigenvalue weighted by Gasteiger charge is 2.15. The van der Waals surface area contributed by atoms with Gasteiger partial charge >= 0.3 is 0 Å². The van der Waals surface area contributed by atoms with Gasteiger partial charge in [-0.2, -0.15) is 15.0 Å². The first kappa shape index (κ1) is 14.8. The van der Waals surface area contributed by atoms with E-state index < -0.39 is 0 Å². The maximum atomic E-state index is 6.07. The van der Waals surface area contributed by atoms with Crippen LogP contribution in [-0.4, -0.2) is 19.9 Å². The zero-order chi connectivity index (χ0) is 17.2. The summed E-state index contributed by atoms with van der Waals surface area (Å²) >= 11 is 0. The standard InChI is InChI=1S/C18H15N7/c19-15-13-14(11-7-3-1-4-8-11)22-18(21-12-9-5-2-6-10-12)25-16(13)24-17(20)23-15/h1-10H,(H5,19,20,21,22,23,24,25). The van der Waals surface area contributed by atoms with Gasteiger partial charge in [-0.05, 0) is 12.1 Å². The Kier molecular flexibility index (Phi) is 3.59. The van der Waals surface area contributed by atoms with Crippen LogP contribution in [0, 0.1) is 0 Å². The number of nitrogens with one attached hydrogen (secondary N) is 1. The Labute approximate surface area is 143 Å². The van der Waals surface area contributed by atoms with Crippen LogP contribution >= 0.6 is 0 Å². The Bertz CT molecular complexity index is 1030. The van der Waals surface area contributed by atoms with Crippen molar-refractivity contribution in [1.29, 1.82) is 0 Å². The third-order valence-corrected chi connectivity index (χ3v) is 3.68. The second-order valence-corrected chi connectivity index (χ2v) is 5.42. The van der Waals surface area contributed by atoms with Crippen LogP contribution in [0.3, 0.4) is 0 Å². The summed E-state index contributed by atoms with van der Waals surface area (Å²) < 4.78 is 0. The van der Waals surface area contributed by atoms with E-state index in [-0.39, 0.29) is 11.8 Å².